The average molecular weight is 301 g/mol. The SMILES string of the molecule is CCN[C@@H](CC)CCCNc1cc(OC)cc2cccnc12. The van der Waals surface area contributed by atoms with Crippen LogP contribution < -0.4 is 15.4 Å². The number of anilines is 1. The Hall–Kier alpha value is -1.81. The van der Waals surface area contributed by atoms with Gasteiger partial charge in [-0.15, -0.1) is 0 Å². The fourth-order valence-electron chi connectivity index (χ4n) is 2.73. The number of ether oxygens (including phenoxy) is 1. The molecule has 2 N–H and O–H groups in total. The maximum atomic E-state index is 5.38. The number of rotatable bonds is 9. The van der Waals surface area contributed by atoms with Crippen LogP contribution in [0.5, 0.6) is 5.75 Å². The lowest BCUT2D eigenvalue weighted by Gasteiger charge is -2.16. The van der Waals surface area contributed by atoms with E-state index in [4.69, 9.17) is 4.74 Å². The summed E-state index contributed by atoms with van der Waals surface area (Å²) in [6, 6.07) is 8.68. The molecule has 120 valence electrons. The van der Waals surface area contributed by atoms with Crippen molar-refractivity contribution in [1.82, 2.24) is 10.3 Å². The molecule has 22 heavy (non-hydrogen) atoms. The fourth-order valence-corrected chi connectivity index (χ4v) is 2.73. The van der Waals surface area contributed by atoms with Crippen molar-refractivity contribution in [3.05, 3.63) is 30.5 Å². The van der Waals surface area contributed by atoms with E-state index in [2.05, 4.69) is 35.5 Å². The third kappa shape index (κ3) is 4.34. The first-order valence-electron chi connectivity index (χ1n) is 8.18. The van der Waals surface area contributed by atoms with Gasteiger partial charge in [0.05, 0.1) is 18.3 Å². The molecule has 0 amide bonds. The van der Waals surface area contributed by atoms with Gasteiger partial charge in [0.25, 0.3) is 0 Å². The number of fused-ring (bicyclic) bond motifs is 1. The molecule has 1 heterocycles. The van der Waals surface area contributed by atoms with Crippen LogP contribution in [0.15, 0.2) is 30.5 Å². The molecule has 0 saturated carbocycles. The molecule has 0 aliphatic carbocycles. The lowest BCUT2D eigenvalue weighted by atomic mass is 10.1. The molecule has 1 aromatic carbocycles. The van der Waals surface area contributed by atoms with E-state index >= 15 is 0 Å². The molecule has 0 aliphatic rings. The van der Waals surface area contributed by atoms with Gasteiger partial charge in [-0.3, -0.25) is 4.98 Å². The predicted molar refractivity (Wildman–Crippen MR) is 93.8 cm³/mol. The number of nitrogens with one attached hydrogen (secondary N) is 2. The standard InChI is InChI=1S/C18H27N3O/c1-4-15(19-5-2)9-7-10-20-17-13-16(22-3)12-14-8-6-11-21-18(14)17/h6,8,11-13,15,19-20H,4-5,7,9-10H2,1-3H3/t15-/m0/s1. The first-order chi connectivity index (χ1) is 10.8. The van der Waals surface area contributed by atoms with Crippen molar-refractivity contribution in [1.29, 1.82) is 0 Å². The summed E-state index contributed by atoms with van der Waals surface area (Å²) < 4.78 is 5.38. The van der Waals surface area contributed by atoms with Gasteiger partial charge in [0.1, 0.15) is 5.75 Å². The van der Waals surface area contributed by atoms with Gasteiger partial charge >= 0.3 is 0 Å². The van der Waals surface area contributed by atoms with Gasteiger partial charge < -0.3 is 15.4 Å². The molecule has 2 rings (SSSR count). The molecule has 1 atom stereocenters. The number of nitrogens with zero attached hydrogens (tertiary/aromatic N) is 1. The number of hydrogen-bond acceptors (Lipinski definition) is 4. The highest BCUT2D eigenvalue weighted by Crippen LogP contribution is 2.27. The quantitative estimate of drug-likeness (QED) is 0.691. The van der Waals surface area contributed by atoms with Crippen LogP contribution in [0, 0.1) is 0 Å². The van der Waals surface area contributed by atoms with Gasteiger partial charge in [-0.05, 0) is 37.9 Å². The summed E-state index contributed by atoms with van der Waals surface area (Å²) in [6.07, 6.45) is 5.33. The zero-order valence-corrected chi connectivity index (χ0v) is 13.9. The third-order valence-electron chi connectivity index (χ3n) is 3.94. The Balaban J connectivity index is 1.99. The van der Waals surface area contributed by atoms with Gasteiger partial charge in [0.2, 0.25) is 0 Å². The maximum absolute atomic E-state index is 5.38. The average Bonchev–Trinajstić information content (AvgIpc) is 2.57. The zero-order chi connectivity index (χ0) is 15.8. The molecule has 0 radical (unpaired) electrons. The van der Waals surface area contributed by atoms with Gasteiger partial charge in [-0.2, -0.15) is 0 Å². The van der Waals surface area contributed by atoms with Gasteiger partial charge in [0.15, 0.2) is 0 Å². The molecule has 0 aliphatic heterocycles. The van der Waals surface area contributed by atoms with E-state index in [0.29, 0.717) is 6.04 Å². The molecule has 4 nitrogen and oxygen atoms in total. The van der Waals surface area contributed by atoms with Gasteiger partial charge in [-0.25, -0.2) is 0 Å². The second-order valence-electron chi connectivity index (χ2n) is 5.48. The van der Waals surface area contributed by atoms with Crippen LogP contribution in [0.4, 0.5) is 5.69 Å². The minimum Gasteiger partial charge on any atom is -0.497 e. The normalized spacial score (nSPS) is 12.3. The van der Waals surface area contributed by atoms with Crippen LogP contribution in [-0.4, -0.2) is 31.2 Å². The highest BCUT2D eigenvalue weighted by atomic mass is 16.5. The van der Waals surface area contributed by atoms with Crippen LogP contribution in [0.3, 0.4) is 0 Å². The monoisotopic (exact) mass is 301 g/mol. The van der Waals surface area contributed by atoms with E-state index in [9.17, 15) is 0 Å². The van der Waals surface area contributed by atoms with Crippen LogP contribution in [0.2, 0.25) is 0 Å². The molecular formula is C18H27N3O. The van der Waals surface area contributed by atoms with Crippen LogP contribution in [0.1, 0.15) is 33.1 Å². The van der Waals surface area contributed by atoms with Crippen molar-refractivity contribution in [3.8, 4) is 5.75 Å². The minimum absolute atomic E-state index is 0.618. The number of benzene rings is 1. The largest absolute Gasteiger partial charge is 0.497 e. The number of aromatic nitrogens is 1. The maximum Gasteiger partial charge on any atom is 0.121 e. The zero-order valence-electron chi connectivity index (χ0n) is 13.9. The Morgan fingerprint density at radius 3 is 2.86 bits per heavy atom. The third-order valence-corrected chi connectivity index (χ3v) is 3.94. The molecule has 2 aromatic rings. The summed E-state index contributed by atoms with van der Waals surface area (Å²) in [7, 11) is 1.70. The van der Waals surface area contributed by atoms with E-state index in [0.717, 1.165) is 41.9 Å². The molecule has 0 fully saturated rings. The highest BCUT2D eigenvalue weighted by molar-refractivity contribution is 5.91. The molecular weight excluding hydrogens is 274 g/mol. The lowest BCUT2D eigenvalue weighted by Crippen LogP contribution is -2.28. The first kappa shape index (κ1) is 16.6. The minimum atomic E-state index is 0.618. The van der Waals surface area contributed by atoms with E-state index in [1.165, 1.54) is 12.8 Å². The Bertz CT molecular complexity index is 586. The van der Waals surface area contributed by atoms with Crippen molar-refractivity contribution in [2.24, 2.45) is 0 Å². The molecule has 4 heteroatoms. The Labute approximate surface area is 133 Å². The second-order valence-corrected chi connectivity index (χ2v) is 5.48. The molecule has 0 spiro atoms. The summed E-state index contributed by atoms with van der Waals surface area (Å²) in [5.74, 6) is 0.863. The summed E-state index contributed by atoms with van der Waals surface area (Å²) >= 11 is 0. The van der Waals surface area contributed by atoms with Crippen molar-refractivity contribution in [3.63, 3.8) is 0 Å². The molecule has 0 unspecified atom stereocenters. The number of pyridine rings is 1. The Morgan fingerprint density at radius 1 is 1.27 bits per heavy atom. The predicted octanol–water partition coefficient (Wildman–Crippen LogP) is 3.82. The van der Waals surface area contributed by atoms with E-state index in [-0.39, 0.29) is 0 Å². The second kappa shape index (κ2) is 8.59. The number of hydrogen-bond donors (Lipinski definition) is 2. The topological polar surface area (TPSA) is 46.2 Å². The van der Waals surface area contributed by atoms with E-state index in [1.54, 1.807) is 7.11 Å². The number of methoxy groups -OCH3 is 1. The van der Waals surface area contributed by atoms with Crippen LogP contribution >= 0.6 is 0 Å². The van der Waals surface area contributed by atoms with Gasteiger partial charge in [-0.1, -0.05) is 19.9 Å². The summed E-state index contributed by atoms with van der Waals surface area (Å²) in [5, 5.41) is 8.13. The Morgan fingerprint density at radius 2 is 2.14 bits per heavy atom. The summed E-state index contributed by atoms with van der Waals surface area (Å²) in [4.78, 5) is 4.49. The molecule has 1 aromatic heterocycles. The highest BCUT2D eigenvalue weighted by Gasteiger charge is 2.07. The van der Waals surface area contributed by atoms with Crippen LogP contribution in [0.25, 0.3) is 10.9 Å². The molecule has 0 bridgehead atoms. The fraction of sp³-hybridized carbons (Fsp3) is 0.500. The van der Waals surface area contributed by atoms with E-state index < -0.39 is 0 Å². The van der Waals surface area contributed by atoms with Crippen molar-refractivity contribution < 1.29 is 4.74 Å². The first-order valence-corrected chi connectivity index (χ1v) is 8.18. The van der Waals surface area contributed by atoms with Crippen molar-refractivity contribution >= 4 is 16.6 Å². The van der Waals surface area contributed by atoms with Crippen molar-refractivity contribution in [2.45, 2.75) is 39.2 Å². The molecule has 0 saturated heterocycles. The summed E-state index contributed by atoms with van der Waals surface area (Å²) in [6.45, 7) is 6.38. The van der Waals surface area contributed by atoms with Crippen molar-refractivity contribution in [2.75, 3.05) is 25.5 Å². The lowest BCUT2D eigenvalue weighted by molar-refractivity contribution is 0.415. The smallest absolute Gasteiger partial charge is 0.121 e. The summed E-state index contributed by atoms with van der Waals surface area (Å²) in [5.41, 5.74) is 2.05. The van der Waals surface area contributed by atoms with E-state index in [1.807, 2.05) is 24.4 Å². The van der Waals surface area contributed by atoms with Crippen LogP contribution in [-0.2, 0) is 0 Å². The van der Waals surface area contributed by atoms with Gasteiger partial charge in [0, 0.05) is 30.2 Å². The Kier molecular flexibility index (Phi) is 6.46.